The number of aromatic amines is 1. The van der Waals surface area contributed by atoms with E-state index in [-0.39, 0.29) is 36.4 Å². The van der Waals surface area contributed by atoms with Crippen molar-refractivity contribution in [3.8, 4) is 6.07 Å². The number of fused-ring (bicyclic) bond motifs is 3. The van der Waals surface area contributed by atoms with Crippen LogP contribution in [0.5, 0.6) is 0 Å². The molecule has 5 rings (SSSR count). The maximum Gasteiger partial charge on any atom is 0.270 e. The highest BCUT2D eigenvalue weighted by atomic mass is 19.1. The predicted molar refractivity (Wildman–Crippen MR) is 136 cm³/mol. The Morgan fingerprint density at radius 3 is 2.70 bits per heavy atom. The largest absolute Gasteiger partial charge is 0.350 e. The summed E-state index contributed by atoms with van der Waals surface area (Å²) in [6.45, 7) is 3.96. The van der Waals surface area contributed by atoms with Crippen LogP contribution >= 0.6 is 0 Å². The Bertz CT molecular complexity index is 1460. The number of carbonyl (C=O) groups is 3. The maximum absolute atomic E-state index is 14.2. The van der Waals surface area contributed by atoms with Crippen molar-refractivity contribution in [2.75, 3.05) is 18.9 Å². The quantitative estimate of drug-likeness (QED) is 0.554. The average molecular weight is 502 g/mol. The minimum absolute atomic E-state index is 0.0567. The van der Waals surface area contributed by atoms with Crippen molar-refractivity contribution in [2.24, 2.45) is 5.92 Å². The fourth-order valence-electron chi connectivity index (χ4n) is 5.61. The SMILES string of the molecule is CC(C)C[C@@H](C(=O)N1C[C@]2(C[C@H]1C#N)C(=O)Nc1ccccc12)N(C)C(=O)c1cc2c(F)cccc2[nH]1. The van der Waals surface area contributed by atoms with E-state index in [2.05, 4.69) is 16.4 Å². The Morgan fingerprint density at radius 1 is 1.24 bits per heavy atom. The first-order chi connectivity index (χ1) is 17.7. The fraction of sp³-hybridized carbons (Fsp3) is 0.357. The van der Waals surface area contributed by atoms with Crippen LogP contribution in [0.4, 0.5) is 10.1 Å². The number of aromatic nitrogens is 1. The number of likely N-dealkylation sites (tertiary alicyclic amines) is 1. The van der Waals surface area contributed by atoms with Crippen LogP contribution in [-0.4, -0.2) is 58.2 Å². The van der Waals surface area contributed by atoms with Gasteiger partial charge in [0.2, 0.25) is 11.8 Å². The number of benzene rings is 2. The Labute approximate surface area is 214 Å². The molecular weight excluding hydrogens is 473 g/mol. The van der Waals surface area contributed by atoms with Gasteiger partial charge in [0.1, 0.15) is 23.6 Å². The zero-order valence-electron chi connectivity index (χ0n) is 20.9. The molecule has 2 N–H and O–H groups in total. The molecule has 3 amide bonds. The zero-order chi connectivity index (χ0) is 26.5. The lowest BCUT2D eigenvalue weighted by Gasteiger charge is -2.33. The molecule has 2 aliphatic heterocycles. The number of nitriles is 1. The highest BCUT2D eigenvalue weighted by molar-refractivity contribution is 6.07. The molecule has 2 aromatic carbocycles. The van der Waals surface area contributed by atoms with Gasteiger partial charge in [0, 0.05) is 36.6 Å². The van der Waals surface area contributed by atoms with Crippen molar-refractivity contribution in [2.45, 2.75) is 44.2 Å². The molecule has 190 valence electrons. The molecule has 1 fully saturated rings. The van der Waals surface area contributed by atoms with Gasteiger partial charge in [0.25, 0.3) is 5.91 Å². The number of amides is 3. The van der Waals surface area contributed by atoms with Crippen LogP contribution < -0.4 is 5.32 Å². The van der Waals surface area contributed by atoms with Gasteiger partial charge in [-0.2, -0.15) is 5.26 Å². The molecule has 9 heteroatoms. The molecule has 1 saturated heterocycles. The first-order valence-electron chi connectivity index (χ1n) is 12.3. The Morgan fingerprint density at radius 2 is 2.00 bits per heavy atom. The van der Waals surface area contributed by atoms with Crippen molar-refractivity contribution in [3.63, 3.8) is 0 Å². The minimum Gasteiger partial charge on any atom is -0.350 e. The molecule has 1 spiro atoms. The first-order valence-corrected chi connectivity index (χ1v) is 12.3. The molecule has 2 aliphatic rings. The Hall–Kier alpha value is -4.19. The van der Waals surface area contributed by atoms with Crippen LogP contribution in [0.25, 0.3) is 10.9 Å². The van der Waals surface area contributed by atoms with Crippen LogP contribution in [0.15, 0.2) is 48.5 Å². The van der Waals surface area contributed by atoms with Crippen molar-refractivity contribution < 1.29 is 18.8 Å². The smallest absolute Gasteiger partial charge is 0.270 e. The lowest BCUT2D eigenvalue weighted by molar-refractivity contribution is -0.136. The summed E-state index contributed by atoms with van der Waals surface area (Å²) in [5.41, 5.74) is 1.12. The second-order valence-corrected chi connectivity index (χ2v) is 10.3. The molecule has 3 atom stereocenters. The van der Waals surface area contributed by atoms with Gasteiger partial charge in [-0.15, -0.1) is 0 Å². The van der Waals surface area contributed by atoms with E-state index in [0.29, 0.717) is 23.0 Å². The summed E-state index contributed by atoms with van der Waals surface area (Å²) in [7, 11) is 1.54. The van der Waals surface area contributed by atoms with E-state index in [0.717, 1.165) is 5.56 Å². The number of nitrogens with one attached hydrogen (secondary N) is 2. The molecule has 0 radical (unpaired) electrons. The van der Waals surface area contributed by atoms with E-state index in [1.807, 2.05) is 38.1 Å². The van der Waals surface area contributed by atoms with Crippen molar-refractivity contribution in [3.05, 3.63) is 65.6 Å². The van der Waals surface area contributed by atoms with E-state index in [1.165, 1.54) is 21.9 Å². The summed E-state index contributed by atoms with van der Waals surface area (Å²) < 4.78 is 14.2. The normalized spacial score (nSPS) is 21.2. The van der Waals surface area contributed by atoms with Crippen LogP contribution in [0.3, 0.4) is 0 Å². The summed E-state index contributed by atoms with van der Waals surface area (Å²) in [5.74, 6) is -1.45. The Kier molecular flexibility index (Phi) is 5.98. The summed E-state index contributed by atoms with van der Waals surface area (Å²) in [5, 5.41) is 13.1. The van der Waals surface area contributed by atoms with Gasteiger partial charge in [-0.1, -0.05) is 38.1 Å². The number of halogens is 1. The summed E-state index contributed by atoms with van der Waals surface area (Å²) in [6.07, 6.45) is 0.547. The predicted octanol–water partition coefficient (Wildman–Crippen LogP) is 3.81. The monoisotopic (exact) mass is 501 g/mol. The van der Waals surface area contributed by atoms with Crippen molar-refractivity contribution in [1.82, 2.24) is 14.8 Å². The maximum atomic E-state index is 14.2. The van der Waals surface area contributed by atoms with Crippen molar-refractivity contribution in [1.29, 1.82) is 5.26 Å². The Balaban J connectivity index is 1.46. The summed E-state index contributed by atoms with van der Waals surface area (Å²) in [4.78, 5) is 46.3. The van der Waals surface area contributed by atoms with Gasteiger partial charge in [0.05, 0.1) is 11.5 Å². The van der Waals surface area contributed by atoms with E-state index in [9.17, 15) is 24.0 Å². The van der Waals surface area contributed by atoms with E-state index in [1.54, 1.807) is 19.2 Å². The number of hydrogen-bond acceptors (Lipinski definition) is 4. The third-order valence-corrected chi connectivity index (χ3v) is 7.52. The molecule has 1 aromatic heterocycles. The molecule has 3 aromatic rings. The van der Waals surface area contributed by atoms with E-state index < -0.39 is 29.2 Å². The number of likely N-dealkylation sites (N-methyl/N-ethyl adjacent to an activating group) is 1. The molecule has 0 aliphatic carbocycles. The lowest BCUT2D eigenvalue weighted by Crippen LogP contribution is -2.52. The van der Waals surface area contributed by atoms with Crippen molar-refractivity contribution >= 4 is 34.3 Å². The summed E-state index contributed by atoms with van der Waals surface area (Å²) in [6, 6.07) is 13.9. The zero-order valence-corrected chi connectivity index (χ0v) is 20.9. The minimum atomic E-state index is -1.01. The second kappa shape index (κ2) is 9.04. The van der Waals surface area contributed by atoms with E-state index >= 15 is 0 Å². The molecule has 0 bridgehead atoms. The van der Waals surface area contributed by atoms with Crippen LogP contribution in [0.1, 0.15) is 42.7 Å². The van der Waals surface area contributed by atoms with Gasteiger partial charge in [-0.05, 0) is 42.2 Å². The lowest BCUT2D eigenvalue weighted by atomic mass is 9.80. The average Bonchev–Trinajstić information content (AvgIpc) is 3.56. The number of H-pyrrole nitrogens is 1. The second-order valence-electron chi connectivity index (χ2n) is 10.3. The number of hydrogen-bond donors (Lipinski definition) is 2. The molecule has 37 heavy (non-hydrogen) atoms. The third-order valence-electron chi connectivity index (χ3n) is 7.52. The van der Waals surface area contributed by atoms with Gasteiger partial charge in [-0.25, -0.2) is 4.39 Å². The fourth-order valence-corrected chi connectivity index (χ4v) is 5.61. The van der Waals surface area contributed by atoms with Gasteiger partial charge in [0.15, 0.2) is 0 Å². The van der Waals surface area contributed by atoms with Gasteiger partial charge < -0.3 is 20.1 Å². The topological polar surface area (TPSA) is 109 Å². The molecular formula is C28H28FN5O3. The molecule has 0 unspecified atom stereocenters. The number of nitrogens with zero attached hydrogens (tertiary/aromatic N) is 3. The molecule has 0 saturated carbocycles. The number of para-hydroxylation sites is 1. The first kappa shape index (κ1) is 24.5. The third kappa shape index (κ3) is 3.93. The molecule has 3 heterocycles. The van der Waals surface area contributed by atoms with Crippen LogP contribution in [0.2, 0.25) is 0 Å². The highest BCUT2D eigenvalue weighted by Crippen LogP contribution is 2.46. The highest BCUT2D eigenvalue weighted by Gasteiger charge is 2.56. The number of anilines is 1. The van der Waals surface area contributed by atoms with Crippen LogP contribution in [0, 0.1) is 23.1 Å². The number of rotatable bonds is 5. The van der Waals surface area contributed by atoms with Crippen LogP contribution in [-0.2, 0) is 15.0 Å². The number of carbonyl (C=O) groups excluding carboxylic acids is 3. The standard InChI is InChI=1S/C28H28FN5O3/c1-16(2)11-24(33(3)25(35)23-12-18-20(29)8-6-10-21(18)31-23)26(36)34-15-28(13-17(34)14-30)19-7-4-5-9-22(19)32-27(28)37/h4-10,12,16-17,24,31H,11,13,15H2,1-3H3,(H,32,37)/t17-,24-,28-/m0/s1. The van der Waals surface area contributed by atoms with Gasteiger partial charge in [-0.3, -0.25) is 14.4 Å². The van der Waals surface area contributed by atoms with Gasteiger partial charge >= 0.3 is 0 Å². The molecule has 8 nitrogen and oxygen atoms in total. The summed E-state index contributed by atoms with van der Waals surface area (Å²) >= 11 is 0. The van der Waals surface area contributed by atoms with E-state index in [4.69, 9.17) is 0 Å².